The molecule has 1 atom stereocenters. The molecule has 3 heterocycles. The summed E-state index contributed by atoms with van der Waals surface area (Å²) in [6, 6.07) is 14.2. The third-order valence-electron chi connectivity index (χ3n) is 5.65. The van der Waals surface area contributed by atoms with Crippen LogP contribution in [0.2, 0.25) is 0 Å². The maximum absolute atomic E-state index is 12.7. The molecule has 4 rings (SSSR count). The van der Waals surface area contributed by atoms with Crippen molar-refractivity contribution in [2.45, 2.75) is 46.1 Å². The van der Waals surface area contributed by atoms with Gasteiger partial charge in [-0.15, -0.1) is 0 Å². The van der Waals surface area contributed by atoms with E-state index in [1.54, 1.807) is 0 Å². The van der Waals surface area contributed by atoms with E-state index in [0.29, 0.717) is 19.4 Å². The van der Waals surface area contributed by atoms with Gasteiger partial charge in [0.2, 0.25) is 0 Å². The van der Waals surface area contributed by atoms with Gasteiger partial charge in [-0.1, -0.05) is 37.3 Å². The number of nitrogens with zero attached hydrogens (tertiary/aromatic N) is 3. The first kappa shape index (κ1) is 19.2. The molecule has 0 bridgehead atoms. The zero-order valence-electron chi connectivity index (χ0n) is 17.1. The monoisotopic (exact) mass is 383 g/mol. The number of hydrogen-bond acceptors (Lipinski definition) is 4. The van der Waals surface area contributed by atoms with Gasteiger partial charge in [0.25, 0.3) is 0 Å². The maximum Gasteiger partial charge on any atom is 0.139 e. The van der Waals surface area contributed by atoms with Gasteiger partial charge in [-0.05, 0) is 48.6 Å². The van der Waals surface area contributed by atoms with Gasteiger partial charge in [0.05, 0.1) is 18.0 Å². The van der Waals surface area contributed by atoms with Crippen molar-refractivity contribution < 1.29 is 4.79 Å². The average Bonchev–Trinajstić information content (AvgIpc) is 3.15. The number of pyridine rings is 2. The van der Waals surface area contributed by atoms with E-state index in [1.807, 2.05) is 49.6 Å². The molecular formula is C25H25N3O. The van der Waals surface area contributed by atoms with Crippen molar-refractivity contribution >= 4 is 11.5 Å². The van der Waals surface area contributed by atoms with Gasteiger partial charge in [-0.3, -0.25) is 19.8 Å². The molecule has 1 aliphatic heterocycles. The number of Topliss-reactive ketones (excluding diaryl/α,β-unsaturated/α-hetero) is 1. The summed E-state index contributed by atoms with van der Waals surface area (Å²) in [5.74, 6) is 0.434. The van der Waals surface area contributed by atoms with Crippen molar-refractivity contribution in [2.24, 2.45) is 4.99 Å². The van der Waals surface area contributed by atoms with Crippen LogP contribution in [-0.2, 0) is 17.8 Å². The topological polar surface area (TPSA) is 55.2 Å². The smallest absolute Gasteiger partial charge is 0.139 e. The Balaban J connectivity index is 1.50. The summed E-state index contributed by atoms with van der Waals surface area (Å²) in [7, 11) is 0. The fourth-order valence-corrected chi connectivity index (χ4v) is 3.96. The summed E-state index contributed by atoms with van der Waals surface area (Å²) in [6.07, 6.45) is 4.60. The molecule has 0 amide bonds. The van der Waals surface area contributed by atoms with E-state index in [1.165, 1.54) is 11.1 Å². The van der Waals surface area contributed by atoms with E-state index in [9.17, 15) is 4.79 Å². The predicted octanol–water partition coefficient (Wildman–Crippen LogP) is 4.75. The summed E-state index contributed by atoms with van der Waals surface area (Å²) in [5.41, 5.74) is 8.42. The van der Waals surface area contributed by atoms with Crippen LogP contribution in [0.5, 0.6) is 0 Å². The third-order valence-corrected chi connectivity index (χ3v) is 5.65. The van der Waals surface area contributed by atoms with Crippen LogP contribution >= 0.6 is 0 Å². The molecule has 0 saturated heterocycles. The first-order valence-electron chi connectivity index (χ1n) is 10.0. The lowest BCUT2D eigenvalue weighted by Gasteiger charge is -2.13. The van der Waals surface area contributed by atoms with Crippen molar-refractivity contribution in [3.05, 3.63) is 94.1 Å². The van der Waals surface area contributed by atoms with Gasteiger partial charge < -0.3 is 0 Å². The summed E-state index contributed by atoms with van der Waals surface area (Å²) < 4.78 is 0. The van der Waals surface area contributed by atoms with Gasteiger partial charge in [0.1, 0.15) is 5.78 Å². The van der Waals surface area contributed by atoms with Crippen molar-refractivity contribution in [1.29, 1.82) is 0 Å². The highest BCUT2D eigenvalue weighted by atomic mass is 16.1. The highest BCUT2D eigenvalue weighted by molar-refractivity contribution is 6.15. The fourth-order valence-electron chi connectivity index (χ4n) is 3.96. The molecule has 0 aliphatic carbocycles. The maximum atomic E-state index is 12.7. The molecule has 1 aromatic carbocycles. The number of hydrogen-bond donors (Lipinski definition) is 0. The second-order valence-electron chi connectivity index (χ2n) is 7.80. The molecule has 146 valence electrons. The number of ketones is 1. The van der Waals surface area contributed by atoms with Gasteiger partial charge in [-0.2, -0.15) is 0 Å². The highest BCUT2D eigenvalue weighted by Crippen LogP contribution is 2.28. The summed E-state index contributed by atoms with van der Waals surface area (Å²) in [5, 5.41) is 0. The van der Waals surface area contributed by atoms with Gasteiger partial charge in [0, 0.05) is 42.1 Å². The van der Waals surface area contributed by atoms with E-state index in [0.717, 1.165) is 33.8 Å². The second kappa shape index (κ2) is 8.08. The number of aromatic nitrogens is 2. The van der Waals surface area contributed by atoms with Gasteiger partial charge >= 0.3 is 0 Å². The highest BCUT2D eigenvalue weighted by Gasteiger charge is 2.23. The molecular weight excluding hydrogens is 358 g/mol. The van der Waals surface area contributed by atoms with Crippen LogP contribution in [0.15, 0.2) is 59.9 Å². The molecule has 0 spiro atoms. The van der Waals surface area contributed by atoms with Crippen molar-refractivity contribution in [2.75, 3.05) is 0 Å². The lowest BCUT2D eigenvalue weighted by molar-refractivity contribution is -0.118. The lowest BCUT2D eigenvalue weighted by atomic mass is 9.92. The number of benzene rings is 1. The molecule has 0 fully saturated rings. The molecule has 2 aromatic heterocycles. The Kier molecular flexibility index (Phi) is 5.34. The number of rotatable bonds is 6. The average molecular weight is 383 g/mol. The Hall–Kier alpha value is -3.14. The van der Waals surface area contributed by atoms with Crippen LogP contribution in [0.4, 0.5) is 0 Å². The van der Waals surface area contributed by atoms with Crippen molar-refractivity contribution in [1.82, 2.24) is 9.97 Å². The third kappa shape index (κ3) is 4.02. The Morgan fingerprint density at radius 1 is 1.10 bits per heavy atom. The molecule has 0 saturated carbocycles. The zero-order chi connectivity index (χ0) is 20.4. The number of carbonyl (C=O) groups is 1. The Labute approximate surface area is 171 Å². The molecule has 29 heavy (non-hydrogen) atoms. The SMILES string of the molecule is Cc1cc(C2=NCc3c2cnc(CC(=O)C[C@H](C)c2ccccc2)c3C)ccn1. The Morgan fingerprint density at radius 3 is 2.66 bits per heavy atom. The Morgan fingerprint density at radius 2 is 1.90 bits per heavy atom. The second-order valence-corrected chi connectivity index (χ2v) is 7.80. The minimum absolute atomic E-state index is 0.211. The molecule has 4 nitrogen and oxygen atoms in total. The fraction of sp³-hybridized carbons (Fsp3) is 0.280. The van der Waals surface area contributed by atoms with E-state index < -0.39 is 0 Å². The van der Waals surface area contributed by atoms with Crippen molar-refractivity contribution in [3.63, 3.8) is 0 Å². The van der Waals surface area contributed by atoms with E-state index >= 15 is 0 Å². The number of carbonyl (C=O) groups excluding carboxylic acids is 1. The number of fused-ring (bicyclic) bond motifs is 1. The van der Waals surface area contributed by atoms with Crippen LogP contribution in [0, 0.1) is 13.8 Å². The van der Waals surface area contributed by atoms with Crippen molar-refractivity contribution in [3.8, 4) is 0 Å². The quantitative estimate of drug-likeness (QED) is 0.617. The Bertz CT molecular complexity index is 1090. The van der Waals surface area contributed by atoms with Gasteiger partial charge in [0.15, 0.2) is 0 Å². The molecule has 0 radical (unpaired) electrons. The normalized spacial score (nSPS) is 13.7. The minimum Gasteiger partial charge on any atom is -0.299 e. The van der Waals surface area contributed by atoms with Gasteiger partial charge in [-0.25, -0.2) is 0 Å². The lowest BCUT2D eigenvalue weighted by Crippen LogP contribution is -2.12. The summed E-state index contributed by atoms with van der Waals surface area (Å²) in [4.78, 5) is 26.4. The molecule has 3 aromatic rings. The van der Waals surface area contributed by atoms with Crippen LogP contribution in [-0.4, -0.2) is 21.5 Å². The first-order valence-corrected chi connectivity index (χ1v) is 10.0. The van der Waals surface area contributed by atoms with E-state index in [4.69, 9.17) is 4.99 Å². The van der Waals surface area contributed by atoms with E-state index in [2.05, 4.69) is 35.9 Å². The largest absolute Gasteiger partial charge is 0.299 e. The van der Waals surface area contributed by atoms with Crippen LogP contribution < -0.4 is 0 Å². The predicted molar refractivity (Wildman–Crippen MR) is 115 cm³/mol. The summed E-state index contributed by atoms with van der Waals surface area (Å²) >= 11 is 0. The minimum atomic E-state index is 0.211. The molecule has 4 heteroatoms. The van der Waals surface area contributed by atoms with Crippen LogP contribution in [0.3, 0.4) is 0 Å². The molecule has 0 unspecified atom stereocenters. The first-order chi connectivity index (χ1) is 14.0. The van der Waals surface area contributed by atoms with Crippen LogP contribution in [0.25, 0.3) is 0 Å². The molecule has 0 N–H and O–H groups in total. The number of aryl methyl sites for hydroxylation is 1. The van der Waals surface area contributed by atoms with E-state index in [-0.39, 0.29) is 11.7 Å². The molecule has 1 aliphatic rings. The number of aliphatic imine (C=N–C) groups is 1. The standard InChI is InChI=1S/C25H25N3O/c1-16(19-7-5-4-6-8-19)11-21(29)13-24-18(3)22-14-28-25(23(22)15-27-24)20-9-10-26-17(2)12-20/h4-10,12,15-16H,11,13-14H2,1-3H3/t16-/m0/s1. The van der Waals surface area contributed by atoms with Crippen LogP contribution in [0.1, 0.15) is 58.5 Å². The zero-order valence-corrected chi connectivity index (χ0v) is 17.1. The summed E-state index contributed by atoms with van der Waals surface area (Å²) in [6.45, 7) is 6.79.